The Morgan fingerprint density at radius 3 is 2.45 bits per heavy atom. The minimum atomic E-state index is -0.943. The lowest BCUT2D eigenvalue weighted by atomic mass is 9.79. The highest BCUT2D eigenvalue weighted by atomic mass is 19.1. The van der Waals surface area contributed by atoms with E-state index in [1.807, 2.05) is 0 Å². The van der Waals surface area contributed by atoms with Gasteiger partial charge in [-0.15, -0.1) is 0 Å². The summed E-state index contributed by atoms with van der Waals surface area (Å²) in [5, 5.41) is 2.93. The summed E-state index contributed by atoms with van der Waals surface area (Å²) in [6.07, 6.45) is 4.43. The van der Waals surface area contributed by atoms with Crippen LogP contribution in [0.1, 0.15) is 25.3 Å². The molecular weight excluding hydrogens is 427 g/mol. The first-order valence-electron chi connectivity index (χ1n) is 11.5. The molecule has 3 fully saturated rings. The van der Waals surface area contributed by atoms with Crippen molar-refractivity contribution >= 4 is 23.9 Å². The standard InChI is InChI=1S/C24H31FN4O4/c1-24(22(31)29(23(32)26-24)13-12-27-14-16-33-17-15-27)19-8-10-28(11-9-19)21(30)7-4-18-2-5-20(25)6-3-18/h2-7,19H,8-17H2,1H3,(H,26,32)/b7-4+. The van der Waals surface area contributed by atoms with Crippen molar-refractivity contribution in [1.82, 2.24) is 20.0 Å². The minimum absolute atomic E-state index is 0.0348. The molecule has 0 aliphatic carbocycles. The number of hydrogen-bond donors (Lipinski definition) is 1. The number of ether oxygens (including phenoxy) is 1. The van der Waals surface area contributed by atoms with Gasteiger partial charge in [-0.05, 0) is 49.5 Å². The Bertz CT molecular complexity index is 908. The van der Waals surface area contributed by atoms with Crippen LogP contribution in [0.3, 0.4) is 0 Å². The Labute approximate surface area is 193 Å². The number of hydrogen-bond acceptors (Lipinski definition) is 5. The molecule has 8 nitrogen and oxygen atoms in total. The van der Waals surface area contributed by atoms with Gasteiger partial charge in [0, 0.05) is 45.3 Å². The van der Waals surface area contributed by atoms with Crippen LogP contribution in [-0.4, -0.2) is 90.6 Å². The molecule has 0 radical (unpaired) electrons. The van der Waals surface area contributed by atoms with Crippen LogP contribution in [0, 0.1) is 11.7 Å². The molecule has 1 atom stereocenters. The third-order valence-electron chi connectivity index (χ3n) is 6.96. The number of nitrogens with zero attached hydrogens (tertiary/aromatic N) is 3. The fourth-order valence-corrected chi connectivity index (χ4v) is 4.79. The molecule has 1 N–H and O–H groups in total. The Hall–Kier alpha value is -2.78. The van der Waals surface area contributed by atoms with Crippen LogP contribution in [0.4, 0.5) is 9.18 Å². The van der Waals surface area contributed by atoms with E-state index >= 15 is 0 Å². The molecule has 0 bridgehead atoms. The zero-order chi connectivity index (χ0) is 23.4. The zero-order valence-corrected chi connectivity index (χ0v) is 19.0. The van der Waals surface area contributed by atoms with Crippen molar-refractivity contribution in [2.24, 2.45) is 5.92 Å². The molecule has 1 aromatic carbocycles. The largest absolute Gasteiger partial charge is 0.379 e. The number of carbonyl (C=O) groups is 3. The number of benzene rings is 1. The molecule has 3 aliphatic heterocycles. The summed E-state index contributed by atoms with van der Waals surface area (Å²) < 4.78 is 18.4. The molecule has 1 unspecified atom stereocenters. The molecule has 4 rings (SSSR count). The highest BCUT2D eigenvalue weighted by Crippen LogP contribution is 2.33. The Balaban J connectivity index is 1.30. The second-order valence-electron chi connectivity index (χ2n) is 9.03. The molecule has 0 aromatic heterocycles. The van der Waals surface area contributed by atoms with Gasteiger partial charge in [-0.2, -0.15) is 0 Å². The van der Waals surface area contributed by atoms with E-state index in [0.29, 0.717) is 52.2 Å². The molecule has 4 amide bonds. The Morgan fingerprint density at radius 1 is 1.12 bits per heavy atom. The normalized spacial score (nSPS) is 25.2. The molecule has 1 aromatic rings. The van der Waals surface area contributed by atoms with Gasteiger partial charge < -0.3 is 15.0 Å². The monoisotopic (exact) mass is 458 g/mol. The van der Waals surface area contributed by atoms with Gasteiger partial charge >= 0.3 is 6.03 Å². The second kappa shape index (κ2) is 10.0. The van der Waals surface area contributed by atoms with E-state index in [2.05, 4.69) is 10.2 Å². The Kier molecular flexibility index (Phi) is 7.09. The molecule has 0 saturated carbocycles. The van der Waals surface area contributed by atoms with Crippen molar-refractivity contribution in [2.45, 2.75) is 25.3 Å². The van der Waals surface area contributed by atoms with Crippen LogP contribution in [0.15, 0.2) is 30.3 Å². The fourth-order valence-electron chi connectivity index (χ4n) is 4.79. The zero-order valence-electron chi connectivity index (χ0n) is 19.0. The van der Waals surface area contributed by atoms with Crippen LogP contribution in [0.25, 0.3) is 6.08 Å². The van der Waals surface area contributed by atoms with Crippen LogP contribution in [0.5, 0.6) is 0 Å². The average Bonchev–Trinajstić information content (AvgIpc) is 3.06. The van der Waals surface area contributed by atoms with Crippen LogP contribution < -0.4 is 5.32 Å². The summed E-state index contributed by atoms with van der Waals surface area (Å²) in [4.78, 5) is 43.6. The molecular formula is C24H31FN4O4. The summed E-state index contributed by atoms with van der Waals surface area (Å²) in [5.74, 6) is -0.645. The van der Waals surface area contributed by atoms with Gasteiger partial charge in [-0.25, -0.2) is 9.18 Å². The summed E-state index contributed by atoms with van der Waals surface area (Å²) in [6, 6.07) is 5.61. The first-order chi connectivity index (χ1) is 15.9. The van der Waals surface area contributed by atoms with Gasteiger partial charge in [-0.3, -0.25) is 19.4 Å². The quantitative estimate of drug-likeness (QED) is 0.519. The number of likely N-dealkylation sites (tertiary alicyclic amines) is 1. The topological polar surface area (TPSA) is 82.2 Å². The van der Waals surface area contributed by atoms with Gasteiger partial charge in [0.25, 0.3) is 5.91 Å². The van der Waals surface area contributed by atoms with Crippen LogP contribution in [-0.2, 0) is 14.3 Å². The molecule has 3 heterocycles. The minimum Gasteiger partial charge on any atom is -0.379 e. The maximum atomic E-state index is 13.2. The lowest BCUT2D eigenvalue weighted by molar-refractivity contribution is -0.134. The highest BCUT2D eigenvalue weighted by Gasteiger charge is 2.52. The second-order valence-corrected chi connectivity index (χ2v) is 9.03. The lowest BCUT2D eigenvalue weighted by Gasteiger charge is -2.38. The highest BCUT2D eigenvalue weighted by molar-refractivity contribution is 6.07. The third-order valence-corrected chi connectivity index (χ3v) is 6.96. The van der Waals surface area contributed by atoms with E-state index < -0.39 is 5.54 Å². The molecule has 33 heavy (non-hydrogen) atoms. The summed E-state index contributed by atoms with van der Waals surface area (Å²) >= 11 is 0. The van der Waals surface area contributed by atoms with Crippen molar-refractivity contribution in [3.8, 4) is 0 Å². The van der Waals surface area contributed by atoms with Gasteiger partial charge in [0.15, 0.2) is 0 Å². The number of nitrogens with one attached hydrogen (secondary N) is 1. The molecule has 0 spiro atoms. The van der Waals surface area contributed by atoms with E-state index in [9.17, 15) is 18.8 Å². The molecule has 3 aliphatic rings. The van der Waals surface area contributed by atoms with Crippen LogP contribution >= 0.6 is 0 Å². The lowest BCUT2D eigenvalue weighted by Crippen LogP contribution is -2.54. The number of imide groups is 1. The number of carbonyl (C=O) groups excluding carboxylic acids is 3. The van der Waals surface area contributed by atoms with Crippen molar-refractivity contribution in [3.05, 3.63) is 41.7 Å². The van der Waals surface area contributed by atoms with Gasteiger partial charge in [0.05, 0.1) is 13.2 Å². The van der Waals surface area contributed by atoms with Gasteiger partial charge in [0.1, 0.15) is 11.4 Å². The smallest absolute Gasteiger partial charge is 0.325 e. The van der Waals surface area contributed by atoms with E-state index in [1.54, 1.807) is 30.0 Å². The van der Waals surface area contributed by atoms with E-state index in [-0.39, 0.29) is 29.6 Å². The van der Waals surface area contributed by atoms with E-state index in [4.69, 9.17) is 4.74 Å². The summed E-state index contributed by atoms with van der Waals surface area (Å²) in [5.41, 5.74) is -0.190. The summed E-state index contributed by atoms with van der Waals surface area (Å²) in [7, 11) is 0. The number of halogens is 1. The predicted octanol–water partition coefficient (Wildman–Crippen LogP) is 1.72. The first kappa shape index (κ1) is 23.4. The maximum Gasteiger partial charge on any atom is 0.325 e. The number of amides is 4. The number of urea groups is 1. The fraction of sp³-hybridized carbons (Fsp3) is 0.542. The van der Waals surface area contributed by atoms with Crippen LogP contribution in [0.2, 0.25) is 0 Å². The Morgan fingerprint density at radius 2 is 1.79 bits per heavy atom. The first-order valence-corrected chi connectivity index (χ1v) is 11.5. The van der Waals surface area contributed by atoms with Crippen molar-refractivity contribution < 1.29 is 23.5 Å². The third kappa shape index (κ3) is 5.25. The van der Waals surface area contributed by atoms with Crippen molar-refractivity contribution in [1.29, 1.82) is 0 Å². The summed E-state index contributed by atoms with van der Waals surface area (Å²) in [6.45, 7) is 6.82. The molecule has 3 saturated heterocycles. The van der Waals surface area contributed by atoms with Gasteiger partial charge in [0.2, 0.25) is 5.91 Å². The number of morpholine rings is 1. The SMILES string of the molecule is CC1(C2CCN(C(=O)/C=C/c3ccc(F)cc3)CC2)NC(=O)N(CCN2CCOCC2)C1=O. The van der Waals surface area contributed by atoms with Crippen molar-refractivity contribution in [2.75, 3.05) is 52.5 Å². The molecule has 178 valence electrons. The predicted molar refractivity (Wildman–Crippen MR) is 121 cm³/mol. The maximum absolute atomic E-state index is 13.2. The number of piperidine rings is 1. The van der Waals surface area contributed by atoms with Crippen molar-refractivity contribution in [3.63, 3.8) is 0 Å². The van der Waals surface area contributed by atoms with E-state index in [1.165, 1.54) is 23.1 Å². The molecule has 9 heteroatoms. The van der Waals surface area contributed by atoms with Gasteiger partial charge in [-0.1, -0.05) is 12.1 Å². The average molecular weight is 459 g/mol. The van der Waals surface area contributed by atoms with E-state index in [0.717, 1.165) is 18.7 Å². The number of rotatable bonds is 6.